The van der Waals surface area contributed by atoms with Gasteiger partial charge in [0, 0.05) is 5.69 Å². The van der Waals surface area contributed by atoms with Gasteiger partial charge in [-0.2, -0.15) is 0 Å². The maximum Gasteiger partial charge on any atom is 0.341 e. The zero-order valence-corrected chi connectivity index (χ0v) is 19.0. The monoisotopic (exact) mass is 470 g/mol. The molecule has 2 aromatic rings. The standard InChI is InChI=1S/C23H22N2O7S/c1-13-5-4-6-14(2)21(13)24-19(26)11-25-22(29)18(33-23(25)30)10-15-7-8-16(17(9-15)31-3)32-12-20(27)28/h4-10H,11-12H2,1-3H3,(H,24,26)(H,27,28)/b18-10+. The topological polar surface area (TPSA) is 122 Å². The molecule has 0 saturated carbocycles. The number of nitrogens with zero attached hydrogens (tertiary/aromatic N) is 1. The highest BCUT2D eigenvalue weighted by Gasteiger charge is 2.36. The van der Waals surface area contributed by atoms with Crippen LogP contribution in [0.1, 0.15) is 16.7 Å². The van der Waals surface area contributed by atoms with Gasteiger partial charge in [0.25, 0.3) is 11.1 Å². The fourth-order valence-corrected chi connectivity index (χ4v) is 3.99. The van der Waals surface area contributed by atoms with E-state index in [1.807, 2.05) is 32.0 Å². The first-order valence-corrected chi connectivity index (χ1v) is 10.6. The Morgan fingerprint density at radius 1 is 1.12 bits per heavy atom. The van der Waals surface area contributed by atoms with Crippen molar-refractivity contribution in [1.82, 2.24) is 4.90 Å². The van der Waals surface area contributed by atoms with Crippen LogP contribution in [0, 0.1) is 13.8 Å². The Kier molecular flexibility index (Phi) is 7.39. The molecule has 1 saturated heterocycles. The average molecular weight is 471 g/mol. The van der Waals surface area contributed by atoms with Crippen molar-refractivity contribution in [2.24, 2.45) is 0 Å². The molecule has 2 N–H and O–H groups in total. The third-order valence-corrected chi connectivity index (χ3v) is 5.66. The number of para-hydroxylation sites is 1. The van der Waals surface area contributed by atoms with Gasteiger partial charge in [0.2, 0.25) is 5.91 Å². The highest BCUT2D eigenvalue weighted by molar-refractivity contribution is 8.18. The Hall–Kier alpha value is -3.79. The Labute approximate surface area is 194 Å². The van der Waals surface area contributed by atoms with Crippen LogP contribution in [0.2, 0.25) is 0 Å². The van der Waals surface area contributed by atoms with Gasteiger partial charge in [-0.15, -0.1) is 0 Å². The van der Waals surface area contributed by atoms with Crippen molar-refractivity contribution in [1.29, 1.82) is 0 Å². The SMILES string of the molecule is COc1cc(/C=C2/SC(=O)N(CC(=O)Nc3c(C)cccc3C)C2=O)ccc1OCC(=O)O. The van der Waals surface area contributed by atoms with E-state index in [-0.39, 0.29) is 16.4 Å². The van der Waals surface area contributed by atoms with Gasteiger partial charge in [0.15, 0.2) is 18.1 Å². The van der Waals surface area contributed by atoms with Crippen molar-refractivity contribution < 1.29 is 33.8 Å². The fraction of sp³-hybridized carbons (Fsp3) is 0.217. The van der Waals surface area contributed by atoms with Gasteiger partial charge in [0.05, 0.1) is 12.0 Å². The van der Waals surface area contributed by atoms with E-state index in [9.17, 15) is 19.2 Å². The van der Waals surface area contributed by atoms with E-state index in [4.69, 9.17) is 14.6 Å². The summed E-state index contributed by atoms with van der Waals surface area (Å²) in [7, 11) is 1.40. The van der Waals surface area contributed by atoms with Gasteiger partial charge in [-0.1, -0.05) is 24.3 Å². The molecular formula is C23H22N2O7S. The highest BCUT2D eigenvalue weighted by Crippen LogP contribution is 2.34. The van der Waals surface area contributed by atoms with Crippen LogP contribution in [0.25, 0.3) is 6.08 Å². The molecule has 3 amide bonds. The molecule has 1 fully saturated rings. The number of ether oxygens (including phenoxy) is 2. The van der Waals surface area contributed by atoms with Crippen LogP contribution in [-0.4, -0.2) is 53.3 Å². The summed E-state index contributed by atoms with van der Waals surface area (Å²) in [6, 6.07) is 10.3. The molecule has 0 spiro atoms. The van der Waals surface area contributed by atoms with Crippen molar-refractivity contribution in [3.63, 3.8) is 0 Å². The number of hydrogen-bond acceptors (Lipinski definition) is 7. The number of carboxylic acid groups (broad SMARTS) is 1. The van der Waals surface area contributed by atoms with E-state index in [0.29, 0.717) is 11.3 Å². The van der Waals surface area contributed by atoms with Gasteiger partial charge >= 0.3 is 5.97 Å². The number of anilines is 1. The second kappa shape index (κ2) is 10.2. The number of imide groups is 1. The van der Waals surface area contributed by atoms with Gasteiger partial charge in [-0.25, -0.2) is 4.79 Å². The Bertz CT molecular complexity index is 1140. The number of aliphatic carboxylic acids is 1. The zero-order chi connectivity index (χ0) is 24.1. The number of aryl methyl sites for hydroxylation is 2. The smallest absolute Gasteiger partial charge is 0.341 e. The van der Waals surface area contributed by atoms with Crippen molar-refractivity contribution >= 4 is 46.5 Å². The highest BCUT2D eigenvalue weighted by atomic mass is 32.2. The van der Waals surface area contributed by atoms with Crippen LogP contribution in [0.5, 0.6) is 11.5 Å². The summed E-state index contributed by atoms with van der Waals surface area (Å²) in [6.45, 7) is 2.79. The maximum atomic E-state index is 12.8. The number of benzene rings is 2. The van der Waals surface area contributed by atoms with E-state index in [0.717, 1.165) is 27.8 Å². The quantitative estimate of drug-likeness (QED) is 0.563. The second-order valence-corrected chi connectivity index (χ2v) is 8.17. The van der Waals surface area contributed by atoms with Crippen molar-refractivity contribution in [3.05, 3.63) is 58.0 Å². The second-order valence-electron chi connectivity index (χ2n) is 7.18. The van der Waals surface area contributed by atoms with Gasteiger partial charge in [-0.05, 0) is 60.5 Å². The third kappa shape index (κ3) is 5.72. The lowest BCUT2D eigenvalue weighted by Gasteiger charge is -2.15. The molecule has 1 aliphatic rings. The first kappa shape index (κ1) is 23.9. The Morgan fingerprint density at radius 3 is 2.45 bits per heavy atom. The minimum absolute atomic E-state index is 0.154. The van der Waals surface area contributed by atoms with Crippen LogP contribution in [0.15, 0.2) is 41.3 Å². The van der Waals surface area contributed by atoms with Crippen LogP contribution >= 0.6 is 11.8 Å². The molecule has 0 atom stereocenters. The molecule has 172 valence electrons. The summed E-state index contributed by atoms with van der Waals surface area (Å²) < 4.78 is 10.4. The number of carboxylic acids is 1. The molecule has 1 heterocycles. The molecule has 0 radical (unpaired) electrons. The average Bonchev–Trinajstić information content (AvgIpc) is 3.02. The number of carbonyl (C=O) groups excluding carboxylic acids is 3. The van der Waals surface area contributed by atoms with Crippen LogP contribution in [0.4, 0.5) is 10.5 Å². The minimum Gasteiger partial charge on any atom is -0.493 e. The van der Waals surface area contributed by atoms with Crippen LogP contribution in [-0.2, 0) is 14.4 Å². The van der Waals surface area contributed by atoms with Gasteiger partial charge < -0.3 is 19.9 Å². The lowest BCUT2D eigenvalue weighted by molar-refractivity contribution is -0.139. The van der Waals surface area contributed by atoms with Crippen LogP contribution < -0.4 is 14.8 Å². The lowest BCUT2D eigenvalue weighted by atomic mass is 10.1. The van der Waals surface area contributed by atoms with Gasteiger partial charge in [-0.3, -0.25) is 19.3 Å². The van der Waals surface area contributed by atoms with E-state index in [1.54, 1.807) is 12.1 Å². The molecule has 0 unspecified atom stereocenters. The largest absolute Gasteiger partial charge is 0.493 e. The number of amides is 3. The predicted octanol–water partition coefficient (Wildman–Crippen LogP) is 3.45. The first-order chi connectivity index (χ1) is 15.7. The summed E-state index contributed by atoms with van der Waals surface area (Å²) in [5.41, 5.74) is 2.95. The van der Waals surface area contributed by atoms with E-state index in [2.05, 4.69) is 5.32 Å². The summed E-state index contributed by atoms with van der Waals surface area (Å²) in [4.78, 5) is 49.4. The summed E-state index contributed by atoms with van der Waals surface area (Å²) in [5.74, 6) is -1.67. The van der Waals surface area contributed by atoms with Crippen molar-refractivity contribution in [2.45, 2.75) is 13.8 Å². The third-order valence-electron chi connectivity index (χ3n) is 4.76. The van der Waals surface area contributed by atoms with Crippen molar-refractivity contribution in [3.8, 4) is 11.5 Å². The molecule has 9 nitrogen and oxygen atoms in total. The Balaban J connectivity index is 1.73. The zero-order valence-electron chi connectivity index (χ0n) is 18.2. The fourth-order valence-electron chi connectivity index (χ4n) is 3.15. The normalized spacial score (nSPS) is 14.5. The summed E-state index contributed by atoms with van der Waals surface area (Å²) in [6.07, 6.45) is 1.50. The lowest BCUT2D eigenvalue weighted by Crippen LogP contribution is -2.36. The molecule has 3 rings (SSSR count). The molecular weight excluding hydrogens is 448 g/mol. The van der Waals surface area contributed by atoms with Crippen LogP contribution in [0.3, 0.4) is 0 Å². The molecule has 2 aromatic carbocycles. The molecule has 33 heavy (non-hydrogen) atoms. The molecule has 0 aromatic heterocycles. The van der Waals surface area contributed by atoms with E-state index < -0.39 is 36.2 Å². The summed E-state index contributed by atoms with van der Waals surface area (Å²) >= 11 is 0.732. The predicted molar refractivity (Wildman–Crippen MR) is 123 cm³/mol. The molecule has 1 aliphatic heterocycles. The van der Waals surface area contributed by atoms with Crippen molar-refractivity contribution in [2.75, 3.05) is 25.6 Å². The first-order valence-electron chi connectivity index (χ1n) is 9.83. The number of hydrogen-bond donors (Lipinski definition) is 2. The summed E-state index contributed by atoms with van der Waals surface area (Å²) in [5, 5.41) is 11.0. The van der Waals surface area contributed by atoms with Gasteiger partial charge in [0.1, 0.15) is 6.54 Å². The molecule has 10 heteroatoms. The number of rotatable bonds is 8. The molecule has 0 bridgehead atoms. The number of methoxy groups -OCH3 is 1. The maximum absolute atomic E-state index is 12.8. The number of carbonyl (C=O) groups is 4. The van der Waals surface area contributed by atoms with E-state index in [1.165, 1.54) is 19.3 Å². The Morgan fingerprint density at radius 2 is 1.82 bits per heavy atom. The van der Waals surface area contributed by atoms with E-state index >= 15 is 0 Å². The molecule has 0 aliphatic carbocycles. The number of nitrogens with one attached hydrogen (secondary N) is 1. The minimum atomic E-state index is -1.13. The number of thioether (sulfide) groups is 1.